The van der Waals surface area contributed by atoms with Gasteiger partial charge in [0.25, 0.3) is 0 Å². The van der Waals surface area contributed by atoms with Crippen molar-refractivity contribution in [3.8, 4) is 0 Å². The molecule has 1 atom stereocenters. The fourth-order valence-corrected chi connectivity index (χ4v) is 4.87. The Morgan fingerprint density at radius 2 is 2.29 bits per heavy atom. The Kier molecular flexibility index (Phi) is 3.99. The van der Waals surface area contributed by atoms with E-state index in [2.05, 4.69) is 21.3 Å². The van der Waals surface area contributed by atoms with E-state index >= 15 is 0 Å². The molecular formula is C15H21N3O2S. The minimum atomic E-state index is -2.75. The van der Waals surface area contributed by atoms with E-state index in [1.165, 1.54) is 0 Å². The average molecular weight is 307 g/mol. The van der Waals surface area contributed by atoms with Crippen LogP contribution < -0.4 is 0 Å². The molecule has 0 aromatic carbocycles. The molecule has 0 bridgehead atoms. The maximum atomic E-state index is 11.5. The SMILES string of the molecule is CN(CC[C@H]1CCS(=O)(=O)C1)Cc1cnc2ccccn12. The van der Waals surface area contributed by atoms with Crippen molar-refractivity contribution in [3.63, 3.8) is 0 Å². The zero-order valence-electron chi connectivity index (χ0n) is 12.3. The first-order valence-corrected chi connectivity index (χ1v) is 9.15. The maximum absolute atomic E-state index is 11.5. The van der Waals surface area contributed by atoms with Crippen LogP contribution in [-0.4, -0.2) is 47.8 Å². The van der Waals surface area contributed by atoms with Gasteiger partial charge in [0.05, 0.1) is 23.4 Å². The molecule has 2 aromatic heterocycles. The highest BCUT2D eigenvalue weighted by Crippen LogP contribution is 2.21. The molecule has 0 radical (unpaired) electrons. The second-order valence-electron chi connectivity index (χ2n) is 5.97. The van der Waals surface area contributed by atoms with E-state index in [9.17, 15) is 8.42 Å². The summed E-state index contributed by atoms with van der Waals surface area (Å²) in [4.78, 5) is 6.62. The van der Waals surface area contributed by atoms with Crippen LogP contribution in [0.2, 0.25) is 0 Å². The molecule has 6 heteroatoms. The molecule has 0 saturated carbocycles. The van der Waals surface area contributed by atoms with Crippen molar-refractivity contribution in [2.24, 2.45) is 5.92 Å². The molecule has 0 N–H and O–H groups in total. The quantitative estimate of drug-likeness (QED) is 0.842. The molecule has 3 heterocycles. The molecule has 5 nitrogen and oxygen atoms in total. The average Bonchev–Trinajstić information content (AvgIpc) is 3.01. The normalized spacial score (nSPS) is 21.3. The van der Waals surface area contributed by atoms with Crippen molar-refractivity contribution in [2.45, 2.75) is 19.4 Å². The van der Waals surface area contributed by atoms with Crippen molar-refractivity contribution in [1.82, 2.24) is 14.3 Å². The number of sulfone groups is 1. The molecule has 3 rings (SSSR count). The molecule has 114 valence electrons. The highest BCUT2D eigenvalue weighted by atomic mass is 32.2. The number of nitrogens with zero attached hydrogens (tertiary/aromatic N) is 3. The summed E-state index contributed by atoms with van der Waals surface area (Å²) < 4.78 is 25.0. The van der Waals surface area contributed by atoms with Crippen LogP contribution in [0.25, 0.3) is 5.65 Å². The summed E-state index contributed by atoms with van der Waals surface area (Å²) in [5, 5.41) is 0. The molecule has 2 aromatic rings. The van der Waals surface area contributed by atoms with Crippen molar-refractivity contribution in [3.05, 3.63) is 36.3 Å². The Balaban J connectivity index is 1.56. The molecule has 0 amide bonds. The van der Waals surface area contributed by atoms with Gasteiger partial charge in [-0.1, -0.05) is 6.07 Å². The van der Waals surface area contributed by atoms with Crippen LogP contribution in [0.4, 0.5) is 0 Å². The molecule has 21 heavy (non-hydrogen) atoms. The van der Waals surface area contributed by atoms with Crippen molar-refractivity contribution < 1.29 is 8.42 Å². The third-order valence-electron chi connectivity index (χ3n) is 4.17. The van der Waals surface area contributed by atoms with Gasteiger partial charge in [-0.15, -0.1) is 0 Å². The predicted octanol–water partition coefficient (Wildman–Crippen LogP) is 1.59. The monoisotopic (exact) mass is 307 g/mol. The molecule has 0 spiro atoms. The van der Waals surface area contributed by atoms with E-state index < -0.39 is 9.84 Å². The van der Waals surface area contributed by atoms with Crippen LogP contribution in [0.3, 0.4) is 0 Å². The molecule has 1 aliphatic rings. The van der Waals surface area contributed by atoms with Gasteiger partial charge in [-0.2, -0.15) is 0 Å². The number of hydrogen-bond acceptors (Lipinski definition) is 4. The molecular weight excluding hydrogens is 286 g/mol. The lowest BCUT2D eigenvalue weighted by atomic mass is 10.1. The number of rotatable bonds is 5. The van der Waals surface area contributed by atoms with E-state index in [4.69, 9.17) is 0 Å². The van der Waals surface area contributed by atoms with Gasteiger partial charge in [0.1, 0.15) is 5.65 Å². The summed E-state index contributed by atoms with van der Waals surface area (Å²) in [7, 11) is -0.680. The Morgan fingerprint density at radius 1 is 1.43 bits per heavy atom. The lowest BCUT2D eigenvalue weighted by molar-refractivity contribution is 0.296. The zero-order chi connectivity index (χ0) is 14.9. The fourth-order valence-electron chi connectivity index (χ4n) is 2.96. The standard InChI is InChI=1S/C15H21N3O2S/c1-17(8-5-13-6-9-21(19,20)12-13)11-14-10-16-15-4-2-3-7-18(14)15/h2-4,7,10,13H,5-6,8-9,11-12H2,1H3/t13-/m0/s1. The van der Waals surface area contributed by atoms with E-state index in [0.29, 0.717) is 17.4 Å². The van der Waals surface area contributed by atoms with E-state index in [1.54, 1.807) is 0 Å². The molecule has 1 fully saturated rings. The number of pyridine rings is 1. The highest BCUT2D eigenvalue weighted by Gasteiger charge is 2.27. The van der Waals surface area contributed by atoms with E-state index in [1.807, 2.05) is 30.6 Å². The lowest BCUT2D eigenvalue weighted by Gasteiger charge is -2.18. The maximum Gasteiger partial charge on any atom is 0.150 e. The molecule has 1 saturated heterocycles. The summed E-state index contributed by atoms with van der Waals surface area (Å²) in [5.41, 5.74) is 2.12. The van der Waals surface area contributed by atoms with Gasteiger partial charge >= 0.3 is 0 Å². The Bertz CT molecular complexity index is 723. The fraction of sp³-hybridized carbons (Fsp3) is 0.533. The topological polar surface area (TPSA) is 54.7 Å². The van der Waals surface area contributed by atoms with Crippen molar-refractivity contribution in [2.75, 3.05) is 25.1 Å². The summed E-state index contributed by atoms with van der Waals surface area (Å²) in [6.07, 6.45) is 5.71. The Hall–Kier alpha value is -1.40. The minimum Gasteiger partial charge on any atom is -0.303 e. The molecule has 0 aliphatic carbocycles. The first kappa shape index (κ1) is 14.5. The van der Waals surface area contributed by atoms with Crippen LogP contribution in [0.1, 0.15) is 18.5 Å². The van der Waals surface area contributed by atoms with Gasteiger partial charge in [0.2, 0.25) is 0 Å². The largest absolute Gasteiger partial charge is 0.303 e. The van der Waals surface area contributed by atoms with Crippen molar-refractivity contribution >= 4 is 15.5 Å². The molecule has 1 aliphatic heterocycles. The van der Waals surface area contributed by atoms with Gasteiger partial charge in [0.15, 0.2) is 9.84 Å². The van der Waals surface area contributed by atoms with Gasteiger partial charge < -0.3 is 9.30 Å². The number of aromatic nitrogens is 2. The second kappa shape index (κ2) is 5.77. The second-order valence-corrected chi connectivity index (χ2v) is 8.20. The third-order valence-corrected chi connectivity index (χ3v) is 6.01. The zero-order valence-corrected chi connectivity index (χ0v) is 13.1. The van der Waals surface area contributed by atoms with Crippen LogP contribution in [0.15, 0.2) is 30.6 Å². The molecule has 0 unspecified atom stereocenters. The van der Waals surface area contributed by atoms with Crippen molar-refractivity contribution in [1.29, 1.82) is 0 Å². The van der Waals surface area contributed by atoms with Crippen LogP contribution in [0, 0.1) is 5.92 Å². The summed E-state index contributed by atoms with van der Waals surface area (Å²) in [6.45, 7) is 1.74. The third kappa shape index (κ3) is 3.44. The van der Waals surface area contributed by atoms with Crippen LogP contribution >= 0.6 is 0 Å². The van der Waals surface area contributed by atoms with Crippen LogP contribution in [0.5, 0.6) is 0 Å². The van der Waals surface area contributed by atoms with Gasteiger partial charge in [-0.05, 0) is 44.5 Å². The van der Waals surface area contributed by atoms with Gasteiger partial charge in [0, 0.05) is 12.7 Å². The number of hydrogen-bond donors (Lipinski definition) is 0. The van der Waals surface area contributed by atoms with Crippen LogP contribution in [-0.2, 0) is 16.4 Å². The first-order chi connectivity index (χ1) is 10.0. The predicted molar refractivity (Wildman–Crippen MR) is 82.9 cm³/mol. The first-order valence-electron chi connectivity index (χ1n) is 7.33. The van der Waals surface area contributed by atoms with E-state index in [-0.39, 0.29) is 0 Å². The summed E-state index contributed by atoms with van der Waals surface area (Å²) in [6, 6.07) is 5.98. The Labute approximate surface area is 125 Å². The van der Waals surface area contributed by atoms with Gasteiger partial charge in [-0.3, -0.25) is 0 Å². The highest BCUT2D eigenvalue weighted by molar-refractivity contribution is 7.91. The summed E-state index contributed by atoms with van der Waals surface area (Å²) in [5.74, 6) is 1.07. The number of imidazole rings is 1. The summed E-state index contributed by atoms with van der Waals surface area (Å²) >= 11 is 0. The lowest BCUT2D eigenvalue weighted by Crippen LogP contribution is -2.22. The Morgan fingerprint density at radius 3 is 3.05 bits per heavy atom. The smallest absolute Gasteiger partial charge is 0.150 e. The van der Waals surface area contributed by atoms with Gasteiger partial charge in [-0.25, -0.2) is 13.4 Å². The van der Waals surface area contributed by atoms with E-state index in [0.717, 1.165) is 37.3 Å². The number of fused-ring (bicyclic) bond motifs is 1. The minimum absolute atomic E-state index is 0.333.